The van der Waals surface area contributed by atoms with E-state index in [0.717, 1.165) is 19.3 Å². The summed E-state index contributed by atoms with van der Waals surface area (Å²) in [5, 5.41) is 10.6. The third-order valence-corrected chi connectivity index (χ3v) is 4.79. The molecule has 3 atom stereocenters. The molecule has 4 aliphatic rings. The summed E-state index contributed by atoms with van der Waals surface area (Å²) in [6.07, 6.45) is 7.03. The summed E-state index contributed by atoms with van der Waals surface area (Å²) in [4.78, 5) is 11.7. The first-order valence-electron chi connectivity index (χ1n) is 5.81. The Morgan fingerprint density at radius 2 is 2.20 bits per heavy atom. The molecule has 3 heteroatoms. The second-order valence-corrected chi connectivity index (χ2v) is 5.62. The van der Waals surface area contributed by atoms with Crippen LogP contribution in [0.3, 0.4) is 0 Å². The molecule has 15 heavy (non-hydrogen) atoms. The van der Waals surface area contributed by atoms with Crippen LogP contribution in [-0.2, 0) is 9.53 Å². The summed E-state index contributed by atoms with van der Waals surface area (Å²) in [6.45, 7) is 0. The fourth-order valence-electron chi connectivity index (χ4n) is 3.75. The second-order valence-electron chi connectivity index (χ2n) is 5.62. The maximum atomic E-state index is 11.7. The summed E-state index contributed by atoms with van der Waals surface area (Å²) in [5.41, 5.74) is -0.0891. The molecule has 0 radical (unpaired) electrons. The number of hydrogen-bond acceptors (Lipinski definition) is 3. The van der Waals surface area contributed by atoms with Gasteiger partial charge in [-0.3, -0.25) is 0 Å². The minimum Gasteiger partial charge on any atom is -0.455 e. The highest BCUT2D eigenvalue weighted by Crippen LogP contribution is 2.63. The molecule has 3 aliphatic carbocycles. The van der Waals surface area contributed by atoms with Crippen LogP contribution in [0.25, 0.3) is 0 Å². The van der Waals surface area contributed by atoms with Crippen LogP contribution in [0.2, 0.25) is 0 Å². The Bertz CT molecular complexity index is 394. The first-order chi connectivity index (χ1) is 7.14. The van der Waals surface area contributed by atoms with E-state index in [9.17, 15) is 9.90 Å². The van der Waals surface area contributed by atoms with E-state index in [2.05, 4.69) is 0 Å². The molecule has 1 spiro atoms. The SMILES string of the molecule is O=C1O[C@@H]2CC[C@@H]3CC4(C=C1[C@@]32O)CC4. The fourth-order valence-corrected chi connectivity index (χ4v) is 3.75. The number of allylic oxidation sites excluding steroid dienone is 1. The molecular weight excluding hydrogens is 192 g/mol. The third kappa shape index (κ3) is 0.805. The van der Waals surface area contributed by atoms with E-state index < -0.39 is 5.60 Å². The highest BCUT2D eigenvalue weighted by atomic mass is 16.6. The zero-order valence-corrected chi connectivity index (χ0v) is 8.53. The van der Waals surface area contributed by atoms with Crippen molar-refractivity contribution in [2.45, 2.75) is 43.8 Å². The lowest BCUT2D eigenvalue weighted by Gasteiger charge is -2.35. The van der Waals surface area contributed by atoms with Crippen molar-refractivity contribution in [3.63, 3.8) is 0 Å². The minimum absolute atomic E-state index is 0.252. The molecule has 0 bridgehead atoms. The quantitative estimate of drug-likeness (QED) is 0.605. The predicted octanol–water partition coefficient (Wildman–Crippen LogP) is 1.16. The molecule has 1 saturated heterocycles. The second kappa shape index (κ2) is 2.14. The topological polar surface area (TPSA) is 46.5 Å². The van der Waals surface area contributed by atoms with Gasteiger partial charge in [-0.25, -0.2) is 4.79 Å². The molecule has 0 aromatic heterocycles. The average molecular weight is 206 g/mol. The van der Waals surface area contributed by atoms with Gasteiger partial charge in [0.05, 0.1) is 5.57 Å². The number of carbonyl (C=O) groups is 1. The Morgan fingerprint density at radius 3 is 2.93 bits per heavy atom. The number of hydrogen-bond donors (Lipinski definition) is 1. The number of rotatable bonds is 0. The van der Waals surface area contributed by atoms with E-state index in [4.69, 9.17) is 4.74 Å². The van der Waals surface area contributed by atoms with Crippen LogP contribution >= 0.6 is 0 Å². The molecule has 1 heterocycles. The first-order valence-corrected chi connectivity index (χ1v) is 5.81. The Hall–Kier alpha value is -0.830. The number of ether oxygens (including phenoxy) is 1. The van der Waals surface area contributed by atoms with E-state index in [0.29, 0.717) is 5.57 Å². The number of esters is 1. The summed E-state index contributed by atoms with van der Waals surface area (Å²) >= 11 is 0. The van der Waals surface area contributed by atoms with Crippen LogP contribution < -0.4 is 0 Å². The summed E-state index contributed by atoms with van der Waals surface area (Å²) in [6, 6.07) is 0. The molecule has 2 saturated carbocycles. The van der Waals surface area contributed by atoms with Crippen molar-refractivity contribution < 1.29 is 14.6 Å². The number of aliphatic hydroxyl groups is 1. The fraction of sp³-hybridized carbons (Fsp3) is 0.750. The molecule has 80 valence electrons. The van der Waals surface area contributed by atoms with Gasteiger partial charge in [0.25, 0.3) is 0 Å². The lowest BCUT2D eigenvalue weighted by atomic mass is 9.71. The Labute approximate surface area is 88.1 Å². The lowest BCUT2D eigenvalue weighted by molar-refractivity contribution is -0.140. The maximum Gasteiger partial charge on any atom is 0.337 e. The summed E-state index contributed by atoms with van der Waals surface area (Å²) in [5.74, 6) is -0.00498. The monoisotopic (exact) mass is 206 g/mol. The smallest absolute Gasteiger partial charge is 0.337 e. The van der Waals surface area contributed by atoms with Crippen LogP contribution in [-0.4, -0.2) is 22.8 Å². The Kier molecular flexibility index (Phi) is 1.19. The van der Waals surface area contributed by atoms with Gasteiger partial charge < -0.3 is 9.84 Å². The van der Waals surface area contributed by atoms with Gasteiger partial charge >= 0.3 is 5.97 Å². The third-order valence-electron chi connectivity index (χ3n) is 4.79. The molecule has 0 aromatic carbocycles. The minimum atomic E-state index is -0.926. The normalized spacial score (nSPS) is 48.9. The molecule has 4 rings (SSSR count). The summed E-state index contributed by atoms with van der Waals surface area (Å²) < 4.78 is 5.27. The highest BCUT2D eigenvalue weighted by Gasteiger charge is 2.65. The molecule has 0 aromatic rings. The molecule has 1 aliphatic heterocycles. The van der Waals surface area contributed by atoms with E-state index in [1.54, 1.807) is 0 Å². The van der Waals surface area contributed by atoms with E-state index in [1.165, 1.54) is 12.8 Å². The Balaban J connectivity index is 1.91. The maximum absolute atomic E-state index is 11.7. The average Bonchev–Trinajstić information content (AvgIpc) is 2.82. The molecule has 0 amide bonds. The van der Waals surface area contributed by atoms with Crippen molar-refractivity contribution in [2.24, 2.45) is 11.3 Å². The van der Waals surface area contributed by atoms with Crippen LogP contribution in [0.4, 0.5) is 0 Å². The van der Waals surface area contributed by atoms with Crippen LogP contribution in [0.5, 0.6) is 0 Å². The molecule has 1 N–H and O–H groups in total. The van der Waals surface area contributed by atoms with Gasteiger partial charge in [0.1, 0.15) is 11.7 Å². The van der Waals surface area contributed by atoms with Crippen LogP contribution in [0.1, 0.15) is 32.1 Å². The molecule has 3 fully saturated rings. The standard InChI is InChI=1S/C12H14O3/c13-10-8-6-11(3-4-11)5-7-1-2-9(15-10)12(7,8)14/h6-7,9,14H,1-5H2/t7-,9-,12+/m1/s1. The van der Waals surface area contributed by atoms with Gasteiger partial charge in [-0.05, 0) is 43.4 Å². The van der Waals surface area contributed by atoms with Crippen molar-refractivity contribution >= 4 is 5.97 Å². The zero-order valence-electron chi connectivity index (χ0n) is 8.53. The molecular formula is C12H14O3. The largest absolute Gasteiger partial charge is 0.455 e. The van der Waals surface area contributed by atoms with Gasteiger partial charge in [0.2, 0.25) is 0 Å². The predicted molar refractivity (Wildman–Crippen MR) is 51.9 cm³/mol. The first kappa shape index (κ1) is 8.34. The van der Waals surface area contributed by atoms with Gasteiger partial charge in [-0.1, -0.05) is 6.08 Å². The molecule has 0 unspecified atom stereocenters. The number of carbonyl (C=O) groups excluding carboxylic acids is 1. The Morgan fingerprint density at radius 1 is 1.40 bits per heavy atom. The van der Waals surface area contributed by atoms with Crippen molar-refractivity contribution in [2.75, 3.05) is 0 Å². The van der Waals surface area contributed by atoms with Crippen molar-refractivity contribution in [1.82, 2.24) is 0 Å². The van der Waals surface area contributed by atoms with Gasteiger partial charge in [-0.15, -0.1) is 0 Å². The van der Waals surface area contributed by atoms with E-state index in [1.807, 2.05) is 6.08 Å². The van der Waals surface area contributed by atoms with Gasteiger partial charge in [-0.2, -0.15) is 0 Å². The summed E-state index contributed by atoms with van der Waals surface area (Å²) in [7, 11) is 0. The highest BCUT2D eigenvalue weighted by molar-refractivity contribution is 5.94. The van der Waals surface area contributed by atoms with Crippen LogP contribution in [0.15, 0.2) is 11.6 Å². The van der Waals surface area contributed by atoms with E-state index in [-0.39, 0.29) is 23.4 Å². The van der Waals surface area contributed by atoms with E-state index >= 15 is 0 Å². The van der Waals surface area contributed by atoms with Crippen molar-refractivity contribution in [1.29, 1.82) is 0 Å². The van der Waals surface area contributed by atoms with Gasteiger partial charge in [0.15, 0.2) is 0 Å². The van der Waals surface area contributed by atoms with Crippen LogP contribution in [0, 0.1) is 11.3 Å². The van der Waals surface area contributed by atoms with Gasteiger partial charge in [0, 0.05) is 0 Å². The lowest BCUT2D eigenvalue weighted by Crippen LogP contribution is -2.44. The molecule has 3 nitrogen and oxygen atoms in total. The van der Waals surface area contributed by atoms with Crippen molar-refractivity contribution in [3.8, 4) is 0 Å². The van der Waals surface area contributed by atoms with Crippen molar-refractivity contribution in [3.05, 3.63) is 11.6 Å². The zero-order chi connectivity index (χ0) is 10.3.